The third-order valence-corrected chi connectivity index (χ3v) is 6.70. The van der Waals surface area contributed by atoms with Crippen molar-refractivity contribution >= 4 is 5.91 Å². The van der Waals surface area contributed by atoms with Gasteiger partial charge in [0, 0.05) is 32.5 Å². The van der Waals surface area contributed by atoms with E-state index in [1.165, 1.54) is 5.56 Å². The highest BCUT2D eigenvalue weighted by molar-refractivity contribution is 5.96. The van der Waals surface area contributed by atoms with E-state index in [0.29, 0.717) is 25.3 Å². The third-order valence-electron chi connectivity index (χ3n) is 6.70. The molecule has 35 heavy (non-hydrogen) atoms. The quantitative estimate of drug-likeness (QED) is 0.502. The molecule has 1 fully saturated rings. The SMILES string of the molecule is CCCCc1nc(O)c(C(=O)N2CC[C@@H](c3ccccc3)C2)c(=O)n1[C@@H](COC)c1ccccc1. The van der Waals surface area contributed by atoms with E-state index in [2.05, 4.69) is 24.0 Å². The Labute approximate surface area is 206 Å². The zero-order valence-electron chi connectivity index (χ0n) is 20.4. The standard InChI is InChI=1S/C28H33N3O4/c1-3-4-15-24-29-26(32)25(27(33)30-17-16-22(18-30)20-11-7-5-8-12-20)28(34)31(24)23(19-35-2)21-13-9-6-10-14-21/h5-14,22-23,32H,3-4,15-19H2,1-2H3/t22-,23+/m1/s1. The molecule has 0 spiro atoms. The Morgan fingerprint density at radius 2 is 1.83 bits per heavy atom. The molecule has 1 saturated heterocycles. The molecule has 1 N–H and O–H groups in total. The van der Waals surface area contributed by atoms with Gasteiger partial charge in [-0.1, -0.05) is 74.0 Å². The molecule has 0 unspecified atom stereocenters. The largest absolute Gasteiger partial charge is 0.493 e. The second-order valence-corrected chi connectivity index (χ2v) is 9.03. The highest BCUT2D eigenvalue weighted by atomic mass is 16.5. The molecule has 0 radical (unpaired) electrons. The van der Waals surface area contributed by atoms with Gasteiger partial charge < -0.3 is 14.7 Å². The summed E-state index contributed by atoms with van der Waals surface area (Å²) >= 11 is 0. The molecule has 3 aromatic rings. The lowest BCUT2D eigenvalue weighted by atomic mass is 9.99. The van der Waals surface area contributed by atoms with E-state index < -0.39 is 23.4 Å². The molecule has 2 aromatic carbocycles. The minimum Gasteiger partial charge on any atom is -0.493 e. The summed E-state index contributed by atoms with van der Waals surface area (Å²) in [6, 6.07) is 19.2. The van der Waals surface area contributed by atoms with E-state index in [1.807, 2.05) is 48.5 Å². The van der Waals surface area contributed by atoms with Crippen molar-refractivity contribution in [2.45, 2.75) is 44.6 Å². The molecule has 1 aromatic heterocycles. The van der Waals surface area contributed by atoms with Crippen LogP contribution in [0.3, 0.4) is 0 Å². The predicted molar refractivity (Wildman–Crippen MR) is 135 cm³/mol. The summed E-state index contributed by atoms with van der Waals surface area (Å²) in [6.07, 6.45) is 3.04. The Hall–Kier alpha value is -3.45. The summed E-state index contributed by atoms with van der Waals surface area (Å²) in [5.41, 5.74) is 1.26. The molecule has 7 heteroatoms. The molecule has 0 saturated carbocycles. The molecule has 1 aliphatic heterocycles. The molecule has 4 rings (SSSR count). The van der Waals surface area contributed by atoms with Gasteiger partial charge in [0.2, 0.25) is 5.88 Å². The highest BCUT2D eigenvalue weighted by Gasteiger charge is 2.33. The Morgan fingerprint density at radius 1 is 1.14 bits per heavy atom. The molecule has 7 nitrogen and oxygen atoms in total. The van der Waals surface area contributed by atoms with Crippen LogP contribution in [0.1, 0.15) is 65.5 Å². The molecule has 2 atom stereocenters. The second kappa shape index (κ2) is 11.3. The molecule has 1 aliphatic rings. The van der Waals surface area contributed by atoms with Gasteiger partial charge in [-0.2, -0.15) is 4.98 Å². The number of ether oxygens (including phenoxy) is 1. The number of rotatable bonds is 9. The first-order valence-corrected chi connectivity index (χ1v) is 12.3. The van der Waals surface area contributed by atoms with Crippen LogP contribution in [0, 0.1) is 0 Å². The fourth-order valence-electron chi connectivity index (χ4n) is 4.84. The Bertz CT molecular complexity index is 1190. The zero-order chi connectivity index (χ0) is 24.8. The van der Waals surface area contributed by atoms with Crippen LogP contribution >= 0.6 is 0 Å². The Morgan fingerprint density at radius 3 is 2.49 bits per heavy atom. The van der Waals surface area contributed by atoms with Crippen LogP contribution in [0.15, 0.2) is 65.5 Å². The number of aromatic nitrogens is 2. The van der Waals surface area contributed by atoms with Crippen LogP contribution in [0.25, 0.3) is 0 Å². The summed E-state index contributed by atoms with van der Waals surface area (Å²) in [5, 5.41) is 10.8. The molecule has 2 heterocycles. The molecular formula is C28H33N3O4. The van der Waals surface area contributed by atoms with Crippen molar-refractivity contribution in [1.82, 2.24) is 14.5 Å². The van der Waals surface area contributed by atoms with E-state index in [4.69, 9.17) is 4.74 Å². The van der Waals surface area contributed by atoms with Crippen LogP contribution in [-0.2, 0) is 11.2 Å². The maximum atomic E-state index is 13.9. The van der Waals surface area contributed by atoms with Crippen molar-refractivity contribution < 1.29 is 14.6 Å². The van der Waals surface area contributed by atoms with Crippen molar-refractivity contribution in [3.8, 4) is 5.88 Å². The van der Waals surface area contributed by atoms with Crippen LogP contribution in [0.2, 0.25) is 0 Å². The number of carbonyl (C=O) groups excluding carboxylic acids is 1. The van der Waals surface area contributed by atoms with Gasteiger partial charge in [0.25, 0.3) is 11.5 Å². The summed E-state index contributed by atoms with van der Waals surface area (Å²) in [4.78, 5) is 33.5. The highest BCUT2D eigenvalue weighted by Crippen LogP contribution is 2.29. The van der Waals surface area contributed by atoms with E-state index in [1.54, 1.807) is 16.6 Å². The number of unbranched alkanes of at least 4 members (excludes halogenated alkanes) is 1. The van der Waals surface area contributed by atoms with E-state index >= 15 is 0 Å². The van der Waals surface area contributed by atoms with Gasteiger partial charge in [-0.05, 0) is 24.0 Å². The number of carbonyl (C=O) groups is 1. The number of hydrogen-bond donors (Lipinski definition) is 1. The minimum absolute atomic E-state index is 0.201. The Balaban J connectivity index is 1.74. The number of aromatic hydroxyl groups is 1. The topological polar surface area (TPSA) is 84.7 Å². The van der Waals surface area contributed by atoms with Crippen molar-refractivity contribution in [3.05, 3.63) is 93.5 Å². The van der Waals surface area contributed by atoms with Crippen molar-refractivity contribution in [3.63, 3.8) is 0 Å². The molecule has 1 amide bonds. The molecule has 0 bridgehead atoms. The molecule has 0 aliphatic carbocycles. The summed E-state index contributed by atoms with van der Waals surface area (Å²) < 4.78 is 7.02. The fourth-order valence-corrected chi connectivity index (χ4v) is 4.84. The van der Waals surface area contributed by atoms with Gasteiger partial charge >= 0.3 is 0 Å². The van der Waals surface area contributed by atoms with Crippen molar-refractivity contribution in [1.29, 1.82) is 0 Å². The third kappa shape index (κ3) is 5.30. The smallest absolute Gasteiger partial charge is 0.271 e. The summed E-state index contributed by atoms with van der Waals surface area (Å²) in [6.45, 7) is 3.32. The zero-order valence-corrected chi connectivity index (χ0v) is 20.4. The predicted octanol–water partition coefficient (Wildman–Crippen LogP) is 4.16. The van der Waals surface area contributed by atoms with Crippen molar-refractivity contribution in [2.75, 3.05) is 26.8 Å². The van der Waals surface area contributed by atoms with Gasteiger partial charge in [-0.3, -0.25) is 14.2 Å². The van der Waals surface area contributed by atoms with Gasteiger partial charge in [-0.15, -0.1) is 0 Å². The Kier molecular flexibility index (Phi) is 7.98. The molecular weight excluding hydrogens is 442 g/mol. The average molecular weight is 476 g/mol. The number of nitrogens with zero attached hydrogens (tertiary/aromatic N) is 3. The fraction of sp³-hybridized carbons (Fsp3) is 0.393. The number of likely N-dealkylation sites (tertiary alicyclic amines) is 1. The lowest BCUT2D eigenvalue weighted by molar-refractivity contribution is 0.0783. The van der Waals surface area contributed by atoms with Gasteiger partial charge in [0.15, 0.2) is 5.56 Å². The number of aryl methyl sites for hydroxylation is 1. The first-order valence-electron chi connectivity index (χ1n) is 12.3. The van der Waals surface area contributed by atoms with E-state index in [-0.39, 0.29) is 18.1 Å². The monoisotopic (exact) mass is 475 g/mol. The normalized spacial score (nSPS) is 16.4. The maximum Gasteiger partial charge on any atom is 0.271 e. The number of hydrogen-bond acceptors (Lipinski definition) is 5. The lowest BCUT2D eigenvalue weighted by Gasteiger charge is -2.24. The maximum absolute atomic E-state index is 13.9. The summed E-state index contributed by atoms with van der Waals surface area (Å²) in [5.74, 6) is -0.305. The van der Waals surface area contributed by atoms with Gasteiger partial charge in [-0.25, -0.2) is 0 Å². The van der Waals surface area contributed by atoms with E-state index in [9.17, 15) is 14.7 Å². The second-order valence-electron chi connectivity index (χ2n) is 9.03. The first-order chi connectivity index (χ1) is 17.0. The lowest BCUT2D eigenvalue weighted by Crippen LogP contribution is -2.39. The van der Waals surface area contributed by atoms with Crippen molar-refractivity contribution in [2.24, 2.45) is 0 Å². The minimum atomic E-state index is -0.525. The number of benzene rings is 2. The first kappa shape index (κ1) is 24.7. The van der Waals surface area contributed by atoms with Crippen LogP contribution < -0.4 is 5.56 Å². The van der Waals surface area contributed by atoms with Gasteiger partial charge in [0.1, 0.15) is 5.82 Å². The van der Waals surface area contributed by atoms with Gasteiger partial charge in [0.05, 0.1) is 12.6 Å². The number of methoxy groups -OCH3 is 1. The average Bonchev–Trinajstić information content (AvgIpc) is 3.38. The van der Waals surface area contributed by atoms with Crippen LogP contribution in [0.5, 0.6) is 5.88 Å². The van der Waals surface area contributed by atoms with Crippen LogP contribution in [-0.4, -0.2) is 52.3 Å². The van der Waals surface area contributed by atoms with Crippen LogP contribution in [0.4, 0.5) is 0 Å². The molecule has 184 valence electrons. The summed E-state index contributed by atoms with van der Waals surface area (Å²) in [7, 11) is 1.58. The number of amides is 1. The van der Waals surface area contributed by atoms with E-state index in [0.717, 1.165) is 24.8 Å².